The normalized spacial score (nSPS) is 11.0. The molecule has 4 rings (SSSR count). The minimum atomic E-state index is 0.0993. The maximum Gasteiger partial charge on any atom is 0.161 e. The average Bonchev–Trinajstić information content (AvgIpc) is 3.06. The molecule has 2 aromatic heterocycles. The van der Waals surface area contributed by atoms with E-state index in [-0.39, 0.29) is 5.75 Å². The molecule has 0 aliphatic rings. The van der Waals surface area contributed by atoms with Gasteiger partial charge in [-0.05, 0) is 30.7 Å². The molecule has 5 nitrogen and oxygen atoms in total. The van der Waals surface area contributed by atoms with E-state index in [1.54, 1.807) is 24.4 Å². The second kappa shape index (κ2) is 5.94. The van der Waals surface area contributed by atoms with Gasteiger partial charge in [0, 0.05) is 17.3 Å². The van der Waals surface area contributed by atoms with E-state index in [1.807, 2.05) is 6.20 Å². The Labute approximate surface area is 145 Å². The lowest BCUT2D eigenvalue weighted by Crippen LogP contribution is -1.90. The van der Waals surface area contributed by atoms with Crippen LogP contribution < -0.4 is 4.74 Å². The number of aromatic nitrogens is 3. The molecule has 25 heavy (non-hydrogen) atoms. The van der Waals surface area contributed by atoms with Crippen molar-refractivity contribution in [3.05, 3.63) is 60.4 Å². The van der Waals surface area contributed by atoms with E-state index >= 15 is 0 Å². The number of H-pyrrole nitrogens is 1. The molecular formula is C20H17N3O2. The third kappa shape index (κ3) is 2.70. The number of aromatic hydroxyl groups is 1. The van der Waals surface area contributed by atoms with Crippen LogP contribution in [0.15, 0.2) is 54.9 Å². The largest absolute Gasteiger partial charge is 0.504 e. The van der Waals surface area contributed by atoms with Crippen LogP contribution in [0.3, 0.4) is 0 Å². The van der Waals surface area contributed by atoms with Gasteiger partial charge in [-0.2, -0.15) is 0 Å². The molecule has 2 N–H and O–H groups in total. The van der Waals surface area contributed by atoms with Crippen LogP contribution in [-0.4, -0.2) is 27.2 Å². The van der Waals surface area contributed by atoms with E-state index in [0.717, 1.165) is 33.5 Å². The molecule has 0 spiro atoms. The summed E-state index contributed by atoms with van der Waals surface area (Å²) < 4.78 is 5.18. The van der Waals surface area contributed by atoms with Gasteiger partial charge >= 0.3 is 0 Å². The van der Waals surface area contributed by atoms with Crippen LogP contribution >= 0.6 is 0 Å². The number of nitrogens with zero attached hydrogens (tertiary/aromatic N) is 2. The summed E-state index contributed by atoms with van der Waals surface area (Å²) in [6.45, 7) is 2.06. The molecule has 124 valence electrons. The van der Waals surface area contributed by atoms with Crippen molar-refractivity contribution >= 4 is 11.2 Å². The highest BCUT2D eigenvalue weighted by atomic mass is 16.5. The number of hydrogen-bond acceptors (Lipinski definition) is 4. The molecule has 0 saturated carbocycles. The summed E-state index contributed by atoms with van der Waals surface area (Å²) in [4.78, 5) is 12.4. The third-order valence-corrected chi connectivity index (χ3v) is 4.22. The summed E-state index contributed by atoms with van der Waals surface area (Å²) >= 11 is 0. The van der Waals surface area contributed by atoms with Crippen molar-refractivity contribution in [3.8, 4) is 33.9 Å². The lowest BCUT2D eigenvalue weighted by Gasteiger charge is -2.07. The lowest BCUT2D eigenvalue weighted by molar-refractivity contribution is 0.373. The molecule has 0 aliphatic carbocycles. The molecule has 0 fully saturated rings. The first-order valence-electron chi connectivity index (χ1n) is 7.94. The van der Waals surface area contributed by atoms with Gasteiger partial charge in [0.05, 0.1) is 19.0 Å². The molecule has 0 saturated heterocycles. The number of fused-ring (bicyclic) bond motifs is 1. The first kappa shape index (κ1) is 15.2. The van der Waals surface area contributed by atoms with Crippen LogP contribution in [0.25, 0.3) is 33.5 Å². The van der Waals surface area contributed by atoms with Gasteiger partial charge in [-0.3, -0.25) is 0 Å². The Morgan fingerprint density at radius 2 is 1.80 bits per heavy atom. The molecule has 0 radical (unpaired) electrons. The summed E-state index contributed by atoms with van der Waals surface area (Å²) in [5.74, 6) is 0.509. The summed E-state index contributed by atoms with van der Waals surface area (Å²) in [6, 6.07) is 13.5. The number of phenols is 1. The predicted molar refractivity (Wildman–Crippen MR) is 97.7 cm³/mol. The molecule has 2 aromatic carbocycles. The van der Waals surface area contributed by atoms with Crippen molar-refractivity contribution in [2.45, 2.75) is 6.92 Å². The minimum Gasteiger partial charge on any atom is -0.504 e. The predicted octanol–water partition coefficient (Wildman–Crippen LogP) is 4.31. The van der Waals surface area contributed by atoms with Gasteiger partial charge in [-0.15, -0.1) is 0 Å². The highest BCUT2D eigenvalue weighted by Gasteiger charge is 2.12. The Bertz CT molecular complexity index is 1050. The molecular weight excluding hydrogens is 314 g/mol. The van der Waals surface area contributed by atoms with Crippen LogP contribution in [0, 0.1) is 6.92 Å². The third-order valence-electron chi connectivity index (χ3n) is 4.22. The molecule has 5 heteroatoms. The summed E-state index contributed by atoms with van der Waals surface area (Å²) in [5.41, 5.74) is 6.42. The van der Waals surface area contributed by atoms with Crippen molar-refractivity contribution in [2.24, 2.45) is 0 Å². The van der Waals surface area contributed by atoms with Crippen LogP contribution in [0.5, 0.6) is 11.5 Å². The van der Waals surface area contributed by atoms with Gasteiger partial charge in [0.1, 0.15) is 5.52 Å². The van der Waals surface area contributed by atoms with Crippen molar-refractivity contribution in [2.75, 3.05) is 7.11 Å². The monoisotopic (exact) mass is 331 g/mol. The summed E-state index contributed by atoms with van der Waals surface area (Å²) in [6.07, 6.45) is 3.64. The number of benzene rings is 2. The second-order valence-corrected chi connectivity index (χ2v) is 5.91. The highest BCUT2D eigenvalue weighted by Crippen LogP contribution is 2.32. The van der Waals surface area contributed by atoms with Crippen molar-refractivity contribution in [3.63, 3.8) is 0 Å². The zero-order valence-electron chi connectivity index (χ0n) is 13.9. The maximum atomic E-state index is 9.77. The zero-order valence-corrected chi connectivity index (χ0v) is 13.9. The molecule has 0 atom stereocenters. The first-order valence-corrected chi connectivity index (χ1v) is 7.94. The fraction of sp³-hybridized carbons (Fsp3) is 0.100. The smallest absolute Gasteiger partial charge is 0.161 e. The fourth-order valence-corrected chi connectivity index (χ4v) is 2.82. The van der Waals surface area contributed by atoms with Gasteiger partial charge in [0.25, 0.3) is 0 Å². The van der Waals surface area contributed by atoms with Gasteiger partial charge in [-0.25, -0.2) is 9.97 Å². The number of rotatable bonds is 3. The number of hydrogen-bond donors (Lipinski definition) is 2. The average molecular weight is 331 g/mol. The fourth-order valence-electron chi connectivity index (χ4n) is 2.82. The zero-order chi connectivity index (χ0) is 17.4. The summed E-state index contributed by atoms with van der Waals surface area (Å²) in [5, 5.41) is 9.77. The Morgan fingerprint density at radius 1 is 1.04 bits per heavy atom. The van der Waals surface area contributed by atoms with Crippen molar-refractivity contribution < 1.29 is 9.84 Å². The SMILES string of the molecule is COc1cc(-c2cnc3[nH]cc(-c4ccc(C)cc4)c3n2)ccc1O. The molecule has 4 aromatic rings. The number of aromatic amines is 1. The molecule has 0 bridgehead atoms. The van der Waals surface area contributed by atoms with E-state index in [9.17, 15) is 5.11 Å². The van der Waals surface area contributed by atoms with Crippen molar-refractivity contribution in [1.29, 1.82) is 0 Å². The van der Waals surface area contributed by atoms with E-state index in [4.69, 9.17) is 9.72 Å². The van der Waals surface area contributed by atoms with Gasteiger partial charge in [0.2, 0.25) is 0 Å². The van der Waals surface area contributed by atoms with Gasteiger partial charge in [0.15, 0.2) is 17.1 Å². The van der Waals surface area contributed by atoms with Gasteiger partial charge < -0.3 is 14.8 Å². The Balaban J connectivity index is 1.85. The molecule has 0 aliphatic heterocycles. The van der Waals surface area contributed by atoms with E-state index in [2.05, 4.69) is 41.2 Å². The number of nitrogens with one attached hydrogen (secondary N) is 1. The lowest BCUT2D eigenvalue weighted by atomic mass is 10.1. The quantitative estimate of drug-likeness (QED) is 0.587. The second-order valence-electron chi connectivity index (χ2n) is 5.91. The highest BCUT2D eigenvalue weighted by molar-refractivity contribution is 5.91. The van der Waals surface area contributed by atoms with E-state index < -0.39 is 0 Å². The first-order chi connectivity index (χ1) is 12.2. The van der Waals surface area contributed by atoms with Crippen LogP contribution in [0.1, 0.15) is 5.56 Å². The molecule has 0 unspecified atom stereocenters. The Hall–Kier alpha value is -3.34. The topological polar surface area (TPSA) is 71.0 Å². The Kier molecular flexibility index (Phi) is 3.61. The number of aryl methyl sites for hydroxylation is 1. The molecule has 2 heterocycles. The number of methoxy groups -OCH3 is 1. The standard InChI is InChI=1S/C20H17N3O2/c1-12-3-5-13(6-4-12)15-10-21-20-19(15)23-16(11-22-20)14-7-8-17(24)18(9-14)25-2/h3-11,24H,1-2H3,(H,21,22). The summed E-state index contributed by atoms with van der Waals surface area (Å²) in [7, 11) is 1.52. The molecule has 0 amide bonds. The van der Waals surface area contributed by atoms with Crippen LogP contribution in [-0.2, 0) is 0 Å². The van der Waals surface area contributed by atoms with Crippen LogP contribution in [0.2, 0.25) is 0 Å². The maximum absolute atomic E-state index is 9.77. The van der Waals surface area contributed by atoms with Gasteiger partial charge in [-0.1, -0.05) is 29.8 Å². The minimum absolute atomic E-state index is 0.0993. The Morgan fingerprint density at radius 3 is 2.56 bits per heavy atom. The van der Waals surface area contributed by atoms with Crippen LogP contribution in [0.4, 0.5) is 0 Å². The van der Waals surface area contributed by atoms with E-state index in [1.165, 1.54) is 12.7 Å². The number of ether oxygens (including phenoxy) is 1. The van der Waals surface area contributed by atoms with Crippen molar-refractivity contribution in [1.82, 2.24) is 15.0 Å². The number of phenolic OH excluding ortho intramolecular Hbond substituents is 1. The van der Waals surface area contributed by atoms with E-state index in [0.29, 0.717) is 5.75 Å².